The highest BCUT2D eigenvalue weighted by atomic mass is 16.5. The van der Waals surface area contributed by atoms with Crippen molar-refractivity contribution in [2.24, 2.45) is 5.73 Å². The Labute approximate surface area is 85.4 Å². The maximum Gasteiger partial charge on any atom is 0.119 e. The van der Waals surface area contributed by atoms with E-state index >= 15 is 0 Å². The summed E-state index contributed by atoms with van der Waals surface area (Å²) in [6, 6.07) is 5.87. The van der Waals surface area contributed by atoms with Gasteiger partial charge in [0.2, 0.25) is 0 Å². The molecule has 2 nitrogen and oxygen atoms in total. The van der Waals surface area contributed by atoms with Crippen LogP contribution in [0.5, 0.6) is 5.75 Å². The molecule has 0 amide bonds. The van der Waals surface area contributed by atoms with E-state index in [1.807, 2.05) is 18.2 Å². The van der Waals surface area contributed by atoms with Crippen molar-refractivity contribution in [3.8, 4) is 5.75 Å². The van der Waals surface area contributed by atoms with E-state index in [1.54, 1.807) is 13.2 Å². The third kappa shape index (κ3) is 2.15. The predicted octanol–water partition coefficient (Wildman–Crippen LogP) is 2.44. The number of rotatable bonds is 4. The summed E-state index contributed by atoms with van der Waals surface area (Å²) in [5.41, 5.74) is 8.25. The molecule has 0 spiro atoms. The Bertz CT molecular complexity index is 320. The van der Waals surface area contributed by atoms with Crippen LogP contribution in [0.2, 0.25) is 0 Å². The zero-order valence-corrected chi connectivity index (χ0v) is 8.79. The van der Waals surface area contributed by atoms with Crippen molar-refractivity contribution in [2.45, 2.75) is 19.4 Å². The molecule has 1 rings (SSSR count). The molecule has 0 aliphatic rings. The zero-order valence-electron chi connectivity index (χ0n) is 8.79. The lowest BCUT2D eigenvalue weighted by molar-refractivity contribution is 0.414. The van der Waals surface area contributed by atoms with Gasteiger partial charge in [0, 0.05) is 6.04 Å². The summed E-state index contributed by atoms with van der Waals surface area (Å²) < 4.78 is 5.16. The van der Waals surface area contributed by atoms with Crippen molar-refractivity contribution in [3.63, 3.8) is 0 Å². The van der Waals surface area contributed by atoms with Gasteiger partial charge in [-0.05, 0) is 29.7 Å². The van der Waals surface area contributed by atoms with E-state index in [0.29, 0.717) is 0 Å². The summed E-state index contributed by atoms with van der Waals surface area (Å²) >= 11 is 0. The number of ether oxygens (including phenoxy) is 1. The minimum Gasteiger partial charge on any atom is -0.497 e. The Kier molecular flexibility index (Phi) is 3.72. The Morgan fingerprint density at radius 1 is 1.57 bits per heavy atom. The third-order valence-corrected chi connectivity index (χ3v) is 2.34. The molecule has 1 atom stereocenters. The molecule has 2 N–H and O–H groups in total. The Hall–Kier alpha value is -1.28. The summed E-state index contributed by atoms with van der Waals surface area (Å²) in [7, 11) is 1.67. The highest BCUT2D eigenvalue weighted by Crippen LogP contribution is 2.22. The second kappa shape index (κ2) is 4.82. The first-order valence-electron chi connectivity index (χ1n) is 4.77. The Morgan fingerprint density at radius 3 is 2.79 bits per heavy atom. The van der Waals surface area contributed by atoms with Gasteiger partial charge in [-0.1, -0.05) is 19.1 Å². The maximum absolute atomic E-state index is 5.90. The smallest absolute Gasteiger partial charge is 0.119 e. The average Bonchev–Trinajstić information content (AvgIpc) is 2.27. The van der Waals surface area contributed by atoms with Crippen molar-refractivity contribution >= 4 is 0 Å². The zero-order chi connectivity index (χ0) is 10.6. The van der Waals surface area contributed by atoms with Crippen LogP contribution in [0.25, 0.3) is 0 Å². The Morgan fingerprint density at radius 2 is 2.29 bits per heavy atom. The molecule has 0 unspecified atom stereocenters. The van der Waals surface area contributed by atoms with Crippen LogP contribution in [0.1, 0.15) is 24.1 Å². The number of aryl methyl sites for hydroxylation is 1. The minimum atomic E-state index is -0.0872. The molecule has 14 heavy (non-hydrogen) atoms. The highest BCUT2D eigenvalue weighted by Gasteiger charge is 2.07. The molecule has 76 valence electrons. The van der Waals surface area contributed by atoms with Gasteiger partial charge >= 0.3 is 0 Å². The van der Waals surface area contributed by atoms with E-state index in [-0.39, 0.29) is 6.04 Å². The van der Waals surface area contributed by atoms with E-state index in [4.69, 9.17) is 10.5 Å². The van der Waals surface area contributed by atoms with Crippen LogP contribution in [-0.4, -0.2) is 7.11 Å². The van der Waals surface area contributed by atoms with E-state index < -0.39 is 0 Å². The van der Waals surface area contributed by atoms with Crippen molar-refractivity contribution in [2.75, 3.05) is 7.11 Å². The molecular formula is C12H17NO. The molecule has 0 heterocycles. The summed E-state index contributed by atoms with van der Waals surface area (Å²) in [4.78, 5) is 0. The van der Waals surface area contributed by atoms with Crippen molar-refractivity contribution in [3.05, 3.63) is 42.0 Å². The molecule has 0 radical (unpaired) electrons. The highest BCUT2D eigenvalue weighted by molar-refractivity contribution is 5.38. The second-order valence-electron chi connectivity index (χ2n) is 3.18. The molecule has 1 aromatic carbocycles. The maximum atomic E-state index is 5.90. The third-order valence-electron chi connectivity index (χ3n) is 2.34. The van der Waals surface area contributed by atoms with Crippen LogP contribution in [0.15, 0.2) is 30.9 Å². The van der Waals surface area contributed by atoms with Crippen LogP contribution >= 0.6 is 0 Å². The predicted molar refractivity (Wildman–Crippen MR) is 59.5 cm³/mol. The van der Waals surface area contributed by atoms with Gasteiger partial charge in [-0.2, -0.15) is 0 Å². The number of nitrogens with two attached hydrogens (primary N) is 1. The van der Waals surface area contributed by atoms with Crippen molar-refractivity contribution in [1.29, 1.82) is 0 Å². The normalized spacial score (nSPS) is 12.2. The second-order valence-corrected chi connectivity index (χ2v) is 3.18. The molecule has 0 aromatic heterocycles. The summed E-state index contributed by atoms with van der Waals surface area (Å²) in [6.45, 7) is 5.80. The van der Waals surface area contributed by atoms with E-state index in [9.17, 15) is 0 Å². The van der Waals surface area contributed by atoms with Gasteiger partial charge in [0.25, 0.3) is 0 Å². The minimum absolute atomic E-state index is 0.0872. The SMILES string of the molecule is C=C[C@@H](N)c1ccc(OC)cc1CC. The van der Waals surface area contributed by atoms with Crippen LogP contribution < -0.4 is 10.5 Å². The lowest BCUT2D eigenvalue weighted by Gasteiger charge is -2.13. The first kappa shape index (κ1) is 10.8. The van der Waals surface area contributed by atoms with Gasteiger partial charge in [-0.3, -0.25) is 0 Å². The molecule has 1 aromatic rings. The van der Waals surface area contributed by atoms with Gasteiger partial charge in [-0.25, -0.2) is 0 Å². The van der Waals surface area contributed by atoms with Crippen molar-refractivity contribution < 1.29 is 4.74 Å². The molecule has 0 saturated heterocycles. The van der Waals surface area contributed by atoms with Crippen LogP contribution in [0.3, 0.4) is 0 Å². The summed E-state index contributed by atoms with van der Waals surface area (Å²) in [5.74, 6) is 0.877. The molecular weight excluding hydrogens is 174 g/mol. The fourth-order valence-electron chi connectivity index (χ4n) is 1.47. The molecule has 0 saturated carbocycles. The molecule has 0 aliphatic carbocycles. The Balaban J connectivity index is 3.10. The van der Waals surface area contributed by atoms with Gasteiger partial charge in [0.1, 0.15) is 5.75 Å². The summed E-state index contributed by atoms with van der Waals surface area (Å²) in [5, 5.41) is 0. The van der Waals surface area contributed by atoms with E-state index in [2.05, 4.69) is 13.5 Å². The molecule has 0 aliphatic heterocycles. The van der Waals surface area contributed by atoms with Gasteiger partial charge in [-0.15, -0.1) is 6.58 Å². The van der Waals surface area contributed by atoms with Gasteiger partial charge < -0.3 is 10.5 Å². The lowest BCUT2D eigenvalue weighted by atomic mass is 9.99. The van der Waals surface area contributed by atoms with Gasteiger partial charge in [0.05, 0.1) is 7.11 Å². The first-order chi connectivity index (χ1) is 6.72. The van der Waals surface area contributed by atoms with E-state index in [1.165, 1.54) is 5.56 Å². The lowest BCUT2D eigenvalue weighted by Crippen LogP contribution is -2.09. The van der Waals surface area contributed by atoms with Crippen LogP contribution in [0.4, 0.5) is 0 Å². The largest absolute Gasteiger partial charge is 0.497 e. The average molecular weight is 191 g/mol. The van der Waals surface area contributed by atoms with Crippen LogP contribution in [-0.2, 0) is 6.42 Å². The quantitative estimate of drug-likeness (QED) is 0.742. The number of benzene rings is 1. The molecule has 2 heteroatoms. The fourth-order valence-corrected chi connectivity index (χ4v) is 1.47. The fraction of sp³-hybridized carbons (Fsp3) is 0.333. The monoisotopic (exact) mass is 191 g/mol. The number of hydrogen-bond donors (Lipinski definition) is 1. The van der Waals surface area contributed by atoms with Crippen LogP contribution in [0, 0.1) is 0 Å². The van der Waals surface area contributed by atoms with E-state index in [0.717, 1.165) is 17.7 Å². The summed E-state index contributed by atoms with van der Waals surface area (Å²) in [6.07, 6.45) is 2.70. The topological polar surface area (TPSA) is 35.2 Å². The first-order valence-corrected chi connectivity index (χ1v) is 4.77. The van der Waals surface area contributed by atoms with Gasteiger partial charge in [0.15, 0.2) is 0 Å². The molecule has 0 fully saturated rings. The van der Waals surface area contributed by atoms with Crippen molar-refractivity contribution in [1.82, 2.24) is 0 Å². The number of methoxy groups -OCH3 is 1. The molecule has 0 bridgehead atoms. The standard InChI is InChI=1S/C12H17NO/c1-4-9-8-10(14-3)6-7-11(9)12(13)5-2/h5-8,12H,2,4,13H2,1,3H3/t12-/m1/s1. The number of hydrogen-bond acceptors (Lipinski definition) is 2.